The zero-order chi connectivity index (χ0) is 12.1. The van der Waals surface area contributed by atoms with Gasteiger partial charge >= 0.3 is 0 Å². The van der Waals surface area contributed by atoms with E-state index in [4.69, 9.17) is 5.73 Å². The van der Waals surface area contributed by atoms with Gasteiger partial charge in [-0.05, 0) is 56.5 Å². The van der Waals surface area contributed by atoms with E-state index in [1.807, 2.05) is 0 Å². The van der Waals surface area contributed by atoms with Crippen molar-refractivity contribution in [2.24, 2.45) is 5.73 Å². The predicted octanol–water partition coefficient (Wildman–Crippen LogP) is 2.04. The van der Waals surface area contributed by atoms with Gasteiger partial charge in [0.15, 0.2) is 0 Å². The minimum absolute atomic E-state index is 0.738. The molecular weight excluding hydrogens is 196 g/mol. The summed E-state index contributed by atoms with van der Waals surface area (Å²) in [6.07, 6.45) is 1.11. The Labute approximate surface area is 99.5 Å². The smallest absolute Gasteiger partial charge is 0.0102 e. The molecule has 0 unspecified atom stereocenters. The van der Waals surface area contributed by atoms with Crippen LogP contribution in [-0.2, 0) is 6.42 Å². The molecule has 0 heterocycles. The molecule has 0 aliphatic heterocycles. The van der Waals surface area contributed by atoms with E-state index in [0.29, 0.717) is 0 Å². The van der Waals surface area contributed by atoms with Crippen molar-refractivity contribution in [1.82, 2.24) is 4.90 Å². The first-order valence-electron chi connectivity index (χ1n) is 6.00. The molecule has 0 aliphatic rings. The molecule has 0 saturated heterocycles. The molecule has 2 nitrogen and oxygen atoms in total. The zero-order valence-electron chi connectivity index (χ0n) is 11.0. The molecule has 0 fully saturated rings. The van der Waals surface area contributed by atoms with Crippen molar-refractivity contribution in [2.45, 2.75) is 27.2 Å². The topological polar surface area (TPSA) is 29.3 Å². The van der Waals surface area contributed by atoms with Gasteiger partial charge in [0.1, 0.15) is 0 Å². The number of aryl methyl sites for hydroxylation is 1. The molecule has 2 heteroatoms. The van der Waals surface area contributed by atoms with Crippen LogP contribution in [0.25, 0.3) is 0 Å². The Kier molecular flexibility index (Phi) is 4.97. The molecule has 1 rings (SSSR count). The summed E-state index contributed by atoms with van der Waals surface area (Å²) in [5.74, 6) is 0. The standard InChI is InChI=1S/C14H24N2/c1-11-5-6-14(13(3)12(11)2)7-9-16(4)10-8-15/h5-6H,7-10,15H2,1-4H3. The monoisotopic (exact) mass is 220 g/mol. The van der Waals surface area contributed by atoms with Crippen molar-refractivity contribution < 1.29 is 0 Å². The predicted molar refractivity (Wildman–Crippen MR) is 70.9 cm³/mol. The molecule has 0 bridgehead atoms. The summed E-state index contributed by atoms with van der Waals surface area (Å²) < 4.78 is 0. The Morgan fingerprint density at radius 2 is 1.75 bits per heavy atom. The number of likely N-dealkylation sites (N-methyl/N-ethyl adjacent to an activating group) is 1. The highest BCUT2D eigenvalue weighted by Crippen LogP contribution is 2.17. The lowest BCUT2D eigenvalue weighted by atomic mass is 9.97. The summed E-state index contributed by atoms with van der Waals surface area (Å²) in [5, 5.41) is 0. The summed E-state index contributed by atoms with van der Waals surface area (Å²) in [6.45, 7) is 9.40. The first kappa shape index (κ1) is 13.2. The van der Waals surface area contributed by atoms with Crippen molar-refractivity contribution >= 4 is 0 Å². The van der Waals surface area contributed by atoms with E-state index < -0.39 is 0 Å². The molecule has 2 N–H and O–H groups in total. The van der Waals surface area contributed by atoms with E-state index >= 15 is 0 Å². The molecular formula is C14H24N2. The minimum Gasteiger partial charge on any atom is -0.329 e. The van der Waals surface area contributed by atoms with Crippen LogP contribution in [0.1, 0.15) is 22.3 Å². The van der Waals surface area contributed by atoms with Crippen molar-refractivity contribution in [3.05, 3.63) is 34.4 Å². The van der Waals surface area contributed by atoms with Gasteiger partial charge in [-0.2, -0.15) is 0 Å². The molecule has 0 saturated carbocycles. The average Bonchev–Trinajstić information content (AvgIpc) is 2.25. The molecule has 90 valence electrons. The maximum absolute atomic E-state index is 5.53. The fraction of sp³-hybridized carbons (Fsp3) is 0.571. The van der Waals surface area contributed by atoms with E-state index in [2.05, 4.69) is 44.9 Å². The lowest BCUT2D eigenvalue weighted by molar-refractivity contribution is 0.348. The van der Waals surface area contributed by atoms with E-state index in [-0.39, 0.29) is 0 Å². The third-order valence-electron chi connectivity index (χ3n) is 3.44. The van der Waals surface area contributed by atoms with E-state index in [1.54, 1.807) is 0 Å². The van der Waals surface area contributed by atoms with Crippen molar-refractivity contribution in [1.29, 1.82) is 0 Å². The second-order valence-electron chi connectivity index (χ2n) is 4.63. The molecule has 0 spiro atoms. The second-order valence-corrected chi connectivity index (χ2v) is 4.63. The largest absolute Gasteiger partial charge is 0.329 e. The van der Waals surface area contributed by atoms with Crippen LogP contribution in [0.2, 0.25) is 0 Å². The molecule has 1 aromatic rings. The van der Waals surface area contributed by atoms with Crippen LogP contribution in [0.3, 0.4) is 0 Å². The maximum atomic E-state index is 5.53. The number of hydrogen-bond acceptors (Lipinski definition) is 2. The van der Waals surface area contributed by atoms with Crippen LogP contribution >= 0.6 is 0 Å². The van der Waals surface area contributed by atoms with Gasteiger partial charge in [0, 0.05) is 19.6 Å². The lowest BCUT2D eigenvalue weighted by Crippen LogP contribution is -2.27. The van der Waals surface area contributed by atoms with Gasteiger partial charge in [0.2, 0.25) is 0 Å². The lowest BCUT2D eigenvalue weighted by Gasteiger charge is -2.17. The Bertz CT molecular complexity index is 345. The highest BCUT2D eigenvalue weighted by Gasteiger charge is 2.04. The fourth-order valence-electron chi connectivity index (χ4n) is 1.93. The Morgan fingerprint density at radius 3 is 2.38 bits per heavy atom. The third-order valence-corrected chi connectivity index (χ3v) is 3.44. The van der Waals surface area contributed by atoms with Gasteiger partial charge in [-0.1, -0.05) is 12.1 Å². The van der Waals surface area contributed by atoms with Gasteiger partial charge in [-0.15, -0.1) is 0 Å². The maximum Gasteiger partial charge on any atom is 0.0102 e. The highest BCUT2D eigenvalue weighted by atomic mass is 15.1. The summed E-state index contributed by atoms with van der Waals surface area (Å²) in [4.78, 5) is 2.29. The second kappa shape index (κ2) is 6.02. The van der Waals surface area contributed by atoms with Crippen LogP contribution < -0.4 is 5.73 Å². The summed E-state index contributed by atoms with van der Waals surface area (Å²) in [7, 11) is 2.13. The molecule has 0 aromatic heterocycles. The van der Waals surface area contributed by atoms with E-state index in [9.17, 15) is 0 Å². The Morgan fingerprint density at radius 1 is 1.06 bits per heavy atom. The summed E-state index contributed by atoms with van der Waals surface area (Å²) >= 11 is 0. The zero-order valence-corrected chi connectivity index (χ0v) is 11.0. The van der Waals surface area contributed by atoms with Crippen LogP contribution in [0.4, 0.5) is 0 Å². The van der Waals surface area contributed by atoms with Gasteiger partial charge in [-0.25, -0.2) is 0 Å². The average molecular weight is 220 g/mol. The Hall–Kier alpha value is -0.860. The highest BCUT2D eigenvalue weighted by molar-refractivity contribution is 5.38. The first-order chi connectivity index (χ1) is 7.56. The molecule has 0 amide bonds. The number of nitrogens with two attached hydrogens (primary N) is 1. The van der Waals surface area contributed by atoms with Crippen LogP contribution in [0, 0.1) is 20.8 Å². The molecule has 16 heavy (non-hydrogen) atoms. The molecule has 0 atom stereocenters. The van der Waals surface area contributed by atoms with Gasteiger partial charge in [-0.3, -0.25) is 0 Å². The SMILES string of the molecule is Cc1ccc(CCN(C)CCN)c(C)c1C. The number of rotatable bonds is 5. The van der Waals surface area contributed by atoms with Crippen molar-refractivity contribution in [3.63, 3.8) is 0 Å². The first-order valence-corrected chi connectivity index (χ1v) is 6.00. The summed E-state index contributed by atoms with van der Waals surface area (Å²) in [6, 6.07) is 4.48. The molecule has 0 radical (unpaired) electrons. The number of nitrogens with zero attached hydrogens (tertiary/aromatic N) is 1. The number of hydrogen-bond donors (Lipinski definition) is 1. The molecule has 0 aliphatic carbocycles. The van der Waals surface area contributed by atoms with Crippen LogP contribution in [0.15, 0.2) is 12.1 Å². The number of benzene rings is 1. The van der Waals surface area contributed by atoms with E-state index in [1.165, 1.54) is 22.3 Å². The Balaban J connectivity index is 2.64. The van der Waals surface area contributed by atoms with Crippen molar-refractivity contribution in [2.75, 3.05) is 26.7 Å². The third kappa shape index (κ3) is 3.32. The van der Waals surface area contributed by atoms with Crippen LogP contribution in [0.5, 0.6) is 0 Å². The van der Waals surface area contributed by atoms with Crippen molar-refractivity contribution in [3.8, 4) is 0 Å². The normalized spacial score (nSPS) is 11.1. The summed E-state index contributed by atoms with van der Waals surface area (Å²) in [5.41, 5.74) is 11.3. The quantitative estimate of drug-likeness (QED) is 0.823. The van der Waals surface area contributed by atoms with Gasteiger partial charge in [0.25, 0.3) is 0 Å². The van der Waals surface area contributed by atoms with Crippen LogP contribution in [-0.4, -0.2) is 31.6 Å². The molecule has 1 aromatic carbocycles. The van der Waals surface area contributed by atoms with Gasteiger partial charge < -0.3 is 10.6 Å². The minimum atomic E-state index is 0.738. The van der Waals surface area contributed by atoms with Gasteiger partial charge in [0.05, 0.1) is 0 Å². The fourth-order valence-corrected chi connectivity index (χ4v) is 1.93. The van der Waals surface area contributed by atoms with E-state index in [0.717, 1.165) is 26.1 Å².